The van der Waals surface area contributed by atoms with E-state index in [2.05, 4.69) is 0 Å². The number of aromatic hydroxyl groups is 1. The molecule has 4 rings (SSSR count). The largest absolute Gasteiger partial charge is 0.493 e. The summed E-state index contributed by atoms with van der Waals surface area (Å²) in [5.41, 5.74) is 2.93. The Morgan fingerprint density at radius 3 is 2.35 bits per heavy atom. The van der Waals surface area contributed by atoms with Crippen molar-refractivity contribution in [3.63, 3.8) is 0 Å². The zero-order valence-electron chi connectivity index (χ0n) is 15.1. The maximum absolute atomic E-state index is 13.1. The highest BCUT2D eigenvalue weighted by Crippen LogP contribution is 2.32. The molecule has 1 aliphatic heterocycles. The molecular weight excluding hydrogens is 326 g/mol. The molecule has 0 saturated heterocycles. The number of imidazole rings is 1. The fourth-order valence-electron chi connectivity index (χ4n) is 3.41. The van der Waals surface area contributed by atoms with Crippen LogP contribution in [0.15, 0.2) is 64.4 Å². The molecule has 0 bridgehead atoms. The van der Waals surface area contributed by atoms with Crippen molar-refractivity contribution in [2.45, 2.75) is 32.9 Å². The van der Waals surface area contributed by atoms with Crippen LogP contribution in [0.25, 0.3) is 0 Å². The Bertz CT molecular complexity index is 1070. The van der Waals surface area contributed by atoms with Crippen molar-refractivity contribution in [1.29, 1.82) is 0 Å². The number of rotatable bonds is 1. The number of hydrogen-bond acceptors (Lipinski definition) is 3. The Labute approximate surface area is 151 Å². The van der Waals surface area contributed by atoms with E-state index in [0.717, 1.165) is 16.8 Å². The van der Waals surface area contributed by atoms with Crippen LogP contribution in [0, 0.1) is 0 Å². The highest BCUT2D eigenvalue weighted by Gasteiger charge is 2.31. The molecule has 2 heterocycles. The van der Waals surface area contributed by atoms with Crippen LogP contribution in [0.1, 0.15) is 37.6 Å². The molecule has 1 aromatic heterocycles. The molecule has 0 atom stereocenters. The summed E-state index contributed by atoms with van der Waals surface area (Å²) in [6.07, 6.45) is 0. The van der Waals surface area contributed by atoms with Gasteiger partial charge in [-0.15, -0.1) is 0 Å². The first-order valence-electron chi connectivity index (χ1n) is 8.65. The van der Waals surface area contributed by atoms with E-state index in [1.807, 2.05) is 75.4 Å². The van der Waals surface area contributed by atoms with E-state index in [1.165, 1.54) is 4.57 Å². The van der Waals surface area contributed by atoms with Gasteiger partial charge in [-0.3, -0.25) is 9.13 Å². The second kappa shape index (κ2) is 5.73. The Kier molecular flexibility index (Phi) is 3.61. The van der Waals surface area contributed by atoms with Crippen molar-refractivity contribution in [3.8, 4) is 5.88 Å². The van der Waals surface area contributed by atoms with Crippen molar-refractivity contribution < 1.29 is 5.11 Å². The van der Waals surface area contributed by atoms with Gasteiger partial charge in [0.05, 0.1) is 12.2 Å². The normalized spacial score (nSPS) is 13.6. The molecule has 0 amide bonds. The van der Waals surface area contributed by atoms with Crippen molar-refractivity contribution in [2.75, 3.05) is 0 Å². The lowest BCUT2D eigenvalue weighted by atomic mass is 10.1. The van der Waals surface area contributed by atoms with Crippen LogP contribution in [0.5, 0.6) is 5.88 Å². The van der Waals surface area contributed by atoms with Crippen LogP contribution in [-0.4, -0.2) is 20.0 Å². The van der Waals surface area contributed by atoms with Gasteiger partial charge in [0.15, 0.2) is 0 Å². The molecule has 2 aromatic carbocycles. The van der Waals surface area contributed by atoms with Crippen molar-refractivity contribution in [3.05, 3.63) is 81.9 Å². The number of para-hydroxylation sites is 1. The van der Waals surface area contributed by atoms with Gasteiger partial charge in [0.2, 0.25) is 5.88 Å². The number of hydrogen-bond donors (Lipinski definition) is 1. The van der Waals surface area contributed by atoms with Gasteiger partial charge in [0.1, 0.15) is 11.4 Å². The van der Waals surface area contributed by atoms with Crippen LogP contribution in [0.2, 0.25) is 0 Å². The molecular formula is C21H21N3O2. The van der Waals surface area contributed by atoms with Crippen molar-refractivity contribution in [2.24, 2.45) is 4.99 Å². The summed E-state index contributed by atoms with van der Waals surface area (Å²) in [5.74, 6) is -0.0436. The Hall–Kier alpha value is -3.08. The summed E-state index contributed by atoms with van der Waals surface area (Å²) < 4.78 is 3.06. The van der Waals surface area contributed by atoms with Crippen LogP contribution in [0.4, 0.5) is 5.69 Å². The Balaban J connectivity index is 2.09. The SMILES string of the molecule is CC(C)(C)n1c(O)c2n(c1=O)Cc1ccccc1N=C2c1ccccc1. The van der Waals surface area contributed by atoms with Gasteiger partial charge < -0.3 is 5.11 Å². The number of aromatic nitrogens is 2. The molecule has 0 radical (unpaired) electrons. The van der Waals surface area contributed by atoms with E-state index in [9.17, 15) is 9.90 Å². The van der Waals surface area contributed by atoms with Crippen molar-refractivity contribution >= 4 is 11.4 Å². The third-order valence-electron chi connectivity index (χ3n) is 4.61. The second-order valence-corrected chi connectivity index (χ2v) is 7.50. The maximum atomic E-state index is 13.1. The zero-order chi connectivity index (χ0) is 18.5. The molecule has 1 aliphatic rings. The Morgan fingerprint density at radius 1 is 1.00 bits per heavy atom. The highest BCUT2D eigenvalue weighted by molar-refractivity contribution is 6.14. The molecule has 3 aromatic rings. The lowest BCUT2D eigenvalue weighted by Gasteiger charge is -2.20. The van der Waals surface area contributed by atoms with Crippen LogP contribution in [-0.2, 0) is 12.1 Å². The number of nitrogens with zero attached hydrogens (tertiary/aromatic N) is 3. The fraction of sp³-hybridized carbons (Fsp3) is 0.238. The standard InChI is InChI=1S/C21H21N3O2/c1-21(2,3)24-19(25)18-17(14-9-5-4-6-10-14)22-16-12-8-7-11-15(16)13-23(18)20(24)26/h4-12,25H,13H2,1-3H3. The fourth-order valence-corrected chi connectivity index (χ4v) is 3.41. The zero-order valence-corrected chi connectivity index (χ0v) is 15.1. The van der Waals surface area contributed by atoms with Gasteiger partial charge in [0, 0.05) is 11.1 Å². The first kappa shape index (κ1) is 16.4. The van der Waals surface area contributed by atoms with Crippen LogP contribution < -0.4 is 5.69 Å². The summed E-state index contributed by atoms with van der Waals surface area (Å²) in [7, 11) is 0. The average Bonchev–Trinajstić information content (AvgIpc) is 2.77. The van der Waals surface area contributed by atoms with E-state index < -0.39 is 5.54 Å². The van der Waals surface area contributed by atoms with Gasteiger partial charge in [-0.1, -0.05) is 48.5 Å². The predicted molar refractivity (Wildman–Crippen MR) is 103 cm³/mol. The van der Waals surface area contributed by atoms with Gasteiger partial charge in [0.25, 0.3) is 0 Å². The lowest BCUT2D eigenvalue weighted by Crippen LogP contribution is -2.35. The van der Waals surface area contributed by atoms with E-state index in [0.29, 0.717) is 18.0 Å². The molecule has 0 fully saturated rings. The minimum absolute atomic E-state index is 0.0436. The van der Waals surface area contributed by atoms with Crippen LogP contribution >= 0.6 is 0 Å². The summed E-state index contributed by atoms with van der Waals surface area (Å²) in [5, 5.41) is 11.0. The number of benzene rings is 2. The summed E-state index contributed by atoms with van der Waals surface area (Å²) >= 11 is 0. The monoisotopic (exact) mass is 347 g/mol. The molecule has 0 unspecified atom stereocenters. The summed E-state index contributed by atoms with van der Waals surface area (Å²) in [4.78, 5) is 18.0. The Morgan fingerprint density at radius 2 is 1.65 bits per heavy atom. The molecule has 1 N–H and O–H groups in total. The minimum Gasteiger partial charge on any atom is -0.493 e. The number of fused-ring (bicyclic) bond motifs is 2. The average molecular weight is 347 g/mol. The van der Waals surface area contributed by atoms with Crippen LogP contribution in [0.3, 0.4) is 0 Å². The van der Waals surface area contributed by atoms with E-state index in [1.54, 1.807) is 4.57 Å². The molecule has 26 heavy (non-hydrogen) atoms. The molecule has 0 aliphatic carbocycles. The first-order valence-corrected chi connectivity index (χ1v) is 8.65. The quantitative estimate of drug-likeness (QED) is 0.571. The highest BCUT2D eigenvalue weighted by atomic mass is 16.3. The smallest absolute Gasteiger partial charge is 0.332 e. The molecule has 5 heteroatoms. The molecule has 132 valence electrons. The summed E-state index contributed by atoms with van der Waals surface area (Å²) in [6.45, 7) is 6.09. The van der Waals surface area contributed by atoms with E-state index in [-0.39, 0.29) is 11.6 Å². The number of aliphatic imine (C=N–C) groups is 1. The third kappa shape index (κ3) is 2.47. The van der Waals surface area contributed by atoms with E-state index in [4.69, 9.17) is 4.99 Å². The van der Waals surface area contributed by atoms with Gasteiger partial charge in [-0.05, 0) is 32.4 Å². The lowest BCUT2D eigenvalue weighted by molar-refractivity contribution is 0.317. The van der Waals surface area contributed by atoms with E-state index >= 15 is 0 Å². The topological polar surface area (TPSA) is 59.5 Å². The van der Waals surface area contributed by atoms with Gasteiger partial charge in [-0.25, -0.2) is 9.79 Å². The summed E-state index contributed by atoms with van der Waals surface area (Å²) in [6, 6.07) is 17.4. The molecule has 5 nitrogen and oxygen atoms in total. The molecule has 0 saturated carbocycles. The predicted octanol–water partition coefficient (Wildman–Crippen LogP) is 3.64. The van der Waals surface area contributed by atoms with Crippen molar-refractivity contribution in [1.82, 2.24) is 9.13 Å². The van der Waals surface area contributed by atoms with Gasteiger partial charge >= 0.3 is 5.69 Å². The van der Waals surface area contributed by atoms with Gasteiger partial charge in [-0.2, -0.15) is 0 Å². The third-order valence-corrected chi connectivity index (χ3v) is 4.61. The molecule has 0 spiro atoms. The first-order chi connectivity index (χ1) is 12.4. The second-order valence-electron chi connectivity index (χ2n) is 7.50. The maximum Gasteiger partial charge on any atom is 0.332 e. The minimum atomic E-state index is -0.540.